The summed E-state index contributed by atoms with van der Waals surface area (Å²) in [7, 11) is 0. The van der Waals surface area contributed by atoms with Gasteiger partial charge < -0.3 is 5.73 Å². The standard InChI is InChI=1S/C18H14N4O/c19-10-13-4-1-5-14(7-13)16-11-21-22-17(18(16)23)9-12-3-2-6-15(20)8-12/h1-8,11,16H,9,20H2. The van der Waals surface area contributed by atoms with Gasteiger partial charge in [-0.25, -0.2) is 0 Å². The molecular weight excluding hydrogens is 288 g/mol. The van der Waals surface area contributed by atoms with Gasteiger partial charge in [0.15, 0.2) is 5.78 Å². The first-order valence-electron chi connectivity index (χ1n) is 7.16. The number of carbonyl (C=O) groups excluding carboxylic acids is 1. The minimum atomic E-state index is -0.503. The Morgan fingerprint density at radius 2 is 2.00 bits per heavy atom. The molecule has 2 N–H and O–H groups in total. The number of carbonyl (C=O) groups is 1. The summed E-state index contributed by atoms with van der Waals surface area (Å²) in [5, 5.41) is 16.9. The SMILES string of the molecule is N#Cc1cccc(C2C=NN=C(Cc3cccc(N)c3)C2=O)c1. The Hall–Kier alpha value is -3.26. The third-order valence-corrected chi connectivity index (χ3v) is 3.66. The van der Waals surface area contributed by atoms with Crippen LogP contribution in [0, 0.1) is 11.3 Å². The molecule has 1 heterocycles. The van der Waals surface area contributed by atoms with Gasteiger partial charge in [0.1, 0.15) is 5.71 Å². The Balaban J connectivity index is 1.85. The largest absolute Gasteiger partial charge is 0.399 e. The van der Waals surface area contributed by atoms with Crippen LogP contribution in [0.3, 0.4) is 0 Å². The molecule has 1 atom stereocenters. The molecule has 0 saturated heterocycles. The number of nitrogen functional groups attached to an aromatic ring is 1. The van der Waals surface area contributed by atoms with Crippen LogP contribution in [0.15, 0.2) is 58.7 Å². The summed E-state index contributed by atoms with van der Waals surface area (Å²) in [6.45, 7) is 0. The minimum absolute atomic E-state index is 0.0995. The van der Waals surface area contributed by atoms with Gasteiger partial charge in [-0.2, -0.15) is 15.5 Å². The van der Waals surface area contributed by atoms with Gasteiger partial charge in [0.2, 0.25) is 0 Å². The molecule has 0 aliphatic carbocycles. The first-order chi connectivity index (χ1) is 11.2. The first kappa shape index (κ1) is 14.7. The van der Waals surface area contributed by atoms with Gasteiger partial charge in [-0.3, -0.25) is 4.79 Å². The molecule has 2 aromatic carbocycles. The van der Waals surface area contributed by atoms with Crippen LogP contribution in [0.2, 0.25) is 0 Å². The van der Waals surface area contributed by atoms with Crippen LogP contribution in [0.5, 0.6) is 0 Å². The number of benzene rings is 2. The van der Waals surface area contributed by atoms with E-state index >= 15 is 0 Å². The minimum Gasteiger partial charge on any atom is -0.399 e. The van der Waals surface area contributed by atoms with Crippen LogP contribution in [0.4, 0.5) is 5.69 Å². The number of anilines is 1. The van der Waals surface area contributed by atoms with Crippen molar-refractivity contribution in [1.82, 2.24) is 0 Å². The zero-order valence-electron chi connectivity index (χ0n) is 12.3. The van der Waals surface area contributed by atoms with Crippen molar-refractivity contribution in [3.05, 3.63) is 65.2 Å². The average molecular weight is 302 g/mol. The summed E-state index contributed by atoms with van der Waals surface area (Å²) in [4.78, 5) is 12.7. The Labute approximate surface area is 133 Å². The summed E-state index contributed by atoms with van der Waals surface area (Å²) in [5.41, 5.74) is 8.98. The third-order valence-electron chi connectivity index (χ3n) is 3.66. The first-order valence-corrected chi connectivity index (χ1v) is 7.16. The summed E-state index contributed by atoms with van der Waals surface area (Å²) < 4.78 is 0. The molecule has 0 aromatic heterocycles. The number of nitrogens with zero attached hydrogens (tertiary/aromatic N) is 3. The fourth-order valence-corrected chi connectivity index (χ4v) is 2.52. The molecular formula is C18H14N4O. The molecule has 0 saturated carbocycles. The lowest BCUT2D eigenvalue weighted by molar-refractivity contribution is -0.113. The second-order valence-corrected chi connectivity index (χ2v) is 5.31. The van der Waals surface area contributed by atoms with Crippen molar-refractivity contribution >= 4 is 23.4 Å². The second-order valence-electron chi connectivity index (χ2n) is 5.31. The second kappa shape index (κ2) is 6.24. The van der Waals surface area contributed by atoms with E-state index in [-0.39, 0.29) is 5.78 Å². The summed E-state index contributed by atoms with van der Waals surface area (Å²) >= 11 is 0. The highest BCUT2D eigenvalue weighted by Gasteiger charge is 2.26. The maximum absolute atomic E-state index is 12.7. The number of Topliss-reactive ketones (excluding diaryl/α,β-unsaturated/α-hetero) is 1. The molecule has 1 aliphatic rings. The summed E-state index contributed by atoms with van der Waals surface area (Å²) in [6, 6.07) is 16.4. The van der Waals surface area contributed by atoms with Gasteiger partial charge in [0.05, 0.1) is 17.6 Å². The van der Waals surface area contributed by atoms with Crippen LogP contribution in [-0.4, -0.2) is 17.7 Å². The van der Waals surface area contributed by atoms with Crippen molar-refractivity contribution in [1.29, 1.82) is 5.26 Å². The van der Waals surface area contributed by atoms with Gasteiger partial charge in [0, 0.05) is 18.3 Å². The molecule has 0 spiro atoms. The Bertz CT molecular complexity index is 861. The molecule has 3 rings (SSSR count). The molecule has 0 amide bonds. The number of hydrogen-bond donors (Lipinski definition) is 1. The van der Waals surface area contributed by atoms with Crippen molar-refractivity contribution < 1.29 is 4.79 Å². The van der Waals surface area contributed by atoms with E-state index in [4.69, 9.17) is 11.0 Å². The van der Waals surface area contributed by atoms with Gasteiger partial charge >= 0.3 is 0 Å². The smallest absolute Gasteiger partial charge is 0.192 e. The van der Waals surface area contributed by atoms with Crippen molar-refractivity contribution in [2.45, 2.75) is 12.3 Å². The predicted molar refractivity (Wildman–Crippen MR) is 89.4 cm³/mol. The van der Waals surface area contributed by atoms with Crippen molar-refractivity contribution in [3.63, 3.8) is 0 Å². The van der Waals surface area contributed by atoms with E-state index in [0.717, 1.165) is 11.1 Å². The van der Waals surface area contributed by atoms with Gasteiger partial charge in [-0.05, 0) is 35.4 Å². The lowest BCUT2D eigenvalue weighted by atomic mass is 9.89. The van der Waals surface area contributed by atoms with Crippen molar-refractivity contribution in [2.75, 3.05) is 5.73 Å². The van der Waals surface area contributed by atoms with E-state index in [0.29, 0.717) is 23.4 Å². The average Bonchev–Trinajstić information content (AvgIpc) is 2.57. The Kier molecular flexibility index (Phi) is 3.98. The lowest BCUT2D eigenvalue weighted by Crippen LogP contribution is -2.27. The van der Waals surface area contributed by atoms with E-state index in [2.05, 4.69) is 16.3 Å². The normalized spacial score (nSPS) is 16.7. The fourth-order valence-electron chi connectivity index (χ4n) is 2.52. The van der Waals surface area contributed by atoms with Crippen LogP contribution in [-0.2, 0) is 11.2 Å². The number of nitriles is 1. The highest BCUT2D eigenvalue weighted by molar-refractivity contribution is 6.45. The molecule has 23 heavy (non-hydrogen) atoms. The highest BCUT2D eigenvalue weighted by Crippen LogP contribution is 2.21. The lowest BCUT2D eigenvalue weighted by Gasteiger charge is -2.16. The van der Waals surface area contributed by atoms with E-state index in [1.165, 1.54) is 6.21 Å². The number of rotatable bonds is 3. The number of nitrogens with two attached hydrogens (primary N) is 1. The van der Waals surface area contributed by atoms with E-state index in [1.807, 2.05) is 24.3 Å². The summed E-state index contributed by atoms with van der Waals surface area (Å²) in [5.74, 6) is -0.602. The molecule has 2 aromatic rings. The Morgan fingerprint density at radius 1 is 1.17 bits per heavy atom. The maximum Gasteiger partial charge on any atom is 0.192 e. The number of hydrogen-bond acceptors (Lipinski definition) is 5. The maximum atomic E-state index is 12.7. The van der Waals surface area contributed by atoms with Crippen LogP contribution >= 0.6 is 0 Å². The van der Waals surface area contributed by atoms with Crippen molar-refractivity contribution in [3.8, 4) is 6.07 Å². The van der Waals surface area contributed by atoms with E-state index < -0.39 is 5.92 Å². The molecule has 0 bridgehead atoms. The van der Waals surface area contributed by atoms with E-state index in [9.17, 15) is 4.79 Å². The topological polar surface area (TPSA) is 91.6 Å². The summed E-state index contributed by atoms with van der Waals surface area (Å²) in [6.07, 6.45) is 1.90. The quantitative estimate of drug-likeness (QED) is 0.883. The zero-order chi connectivity index (χ0) is 16.2. The molecule has 1 unspecified atom stereocenters. The van der Waals surface area contributed by atoms with Gasteiger partial charge in [-0.1, -0.05) is 24.3 Å². The van der Waals surface area contributed by atoms with Gasteiger partial charge in [0.25, 0.3) is 0 Å². The molecule has 112 valence electrons. The van der Waals surface area contributed by atoms with E-state index in [1.54, 1.807) is 24.3 Å². The Morgan fingerprint density at radius 3 is 2.78 bits per heavy atom. The van der Waals surface area contributed by atoms with Crippen LogP contribution in [0.25, 0.3) is 0 Å². The molecule has 1 aliphatic heterocycles. The van der Waals surface area contributed by atoms with Crippen LogP contribution in [0.1, 0.15) is 22.6 Å². The molecule has 0 fully saturated rings. The monoisotopic (exact) mass is 302 g/mol. The molecule has 5 nitrogen and oxygen atoms in total. The predicted octanol–water partition coefficient (Wildman–Crippen LogP) is 2.48. The van der Waals surface area contributed by atoms with Crippen LogP contribution < -0.4 is 5.73 Å². The molecule has 5 heteroatoms. The zero-order valence-corrected chi connectivity index (χ0v) is 12.3. The number of ketones is 1. The third kappa shape index (κ3) is 3.16. The highest BCUT2D eigenvalue weighted by atomic mass is 16.1. The molecule has 0 radical (unpaired) electrons. The fraction of sp³-hybridized carbons (Fsp3) is 0.111. The van der Waals surface area contributed by atoms with Crippen molar-refractivity contribution in [2.24, 2.45) is 10.2 Å². The van der Waals surface area contributed by atoms with Gasteiger partial charge in [-0.15, -0.1) is 0 Å².